The molecule has 1 saturated heterocycles. The number of carbonyl (C=O) groups excluding carboxylic acids is 1. The Morgan fingerprint density at radius 2 is 2.18 bits per heavy atom. The maximum Gasteiger partial charge on any atom is 0.225 e. The van der Waals surface area contributed by atoms with Crippen LogP contribution in [0, 0.1) is 5.92 Å². The number of piperidine rings is 1. The second-order valence-electron chi connectivity index (χ2n) is 7.54. The standard InChI is InChI=1S/C20H25N7O/c1-14(2)19-24-23-17-7-8-18(25-27(17)19)26-10-4-6-16(13-26)20(28)22-12-15-5-3-9-21-11-15/h3,5,7-9,11,14,16H,4,6,10,12-13H2,1-2H3,(H,22,28)/t16-/m1/s1. The predicted octanol–water partition coefficient (Wildman–Crippen LogP) is 2.18. The van der Waals surface area contributed by atoms with Gasteiger partial charge in [0.1, 0.15) is 5.82 Å². The fourth-order valence-corrected chi connectivity index (χ4v) is 3.56. The SMILES string of the molecule is CC(C)c1nnc2ccc(N3CCC[C@@H](C(=O)NCc4cccnc4)C3)nn12. The summed E-state index contributed by atoms with van der Waals surface area (Å²) < 4.78 is 1.81. The van der Waals surface area contributed by atoms with Crippen LogP contribution in [0.1, 0.15) is 44.0 Å². The molecule has 1 aliphatic rings. The van der Waals surface area contributed by atoms with E-state index in [4.69, 9.17) is 5.10 Å². The minimum atomic E-state index is -0.0478. The summed E-state index contributed by atoms with van der Waals surface area (Å²) in [5.41, 5.74) is 1.75. The number of amides is 1. The van der Waals surface area contributed by atoms with Crippen molar-refractivity contribution < 1.29 is 4.79 Å². The first-order valence-electron chi connectivity index (χ1n) is 9.75. The number of nitrogens with zero attached hydrogens (tertiary/aromatic N) is 6. The zero-order valence-electron chi connectivity index (χ0n) is 16.2. The summed E-state index contributed by atoms with van der Waals surface area (Å²) in [7, 11) is 0. The van der Waals surface area contributed by atoms with Crippen molar-refractivity contribution in [2.45, 2.75) is 39.2 Å². The fraction of sp³-hybridized carbons (Fsp3) is 0.450. The van der Waals surface area contributed by atoms with Crippen molar-refractivity contribution in [2.75, 3.05) is 18.0 Å². The summed E-state index contributed by atoms with van der Waals surface area (Å²) in [4.78, 5) is 18.9. The van der Waals surface area contributed by atoms with Gasteiger partial charge in [-0.15, -0.1) is 15.3 Å². The molecule has 1 aliphatic heterocycles. The van der Waals surface area contributed by atoms with Gasteiger partial charge in [-0.25, -0.2) is 0 Å². The van der Waals surface area contributed by atoms with E-state index in [9.17, 15) is 4.79 Å². The van der Waals surface area contributed by atoms with E-state index in [1.807, 2.05) is 28.8 Å². The van der Waals surface area contributed by atoms with Gasteiger partial charge in [0.05, 0.1) is 5.92 Å². The Hall–Kier alpha value is -3.03. The number of hydrogen-bond acceptors (Lipinski definition) is 6. The molecule has 4 heterocycles. The van der Waals surface area contributed by atoms with Crippen LogP contribution >= 0.6 is 0 Å². The van der Waals surface area contributed by atoms with E-state index in [0.29, 0.717) is 13.1 Å². The maximum atomic E-state index is 12.7. The van der Waals surface area contributed by atoms with E-state index < -0.39 is 0 Å². The molecule has 3 aromatic rings. The van der Waals surface area contributed by atoms with Crippen LogP contribution < -0.4 is 10.2 Å². The molecule has 0 unspecified atom stereocenters. The van der Waals surface area contributed by atoms with Crippen LogP contribution in [0.25, 0.3) is 5.65 Å². The van der Waals surface area contributed by atoms with Crippen molar-refractivity contribution in [2.24, 2.45) is 5.92 Å². The van der Waals surface area contributed by atoms with Crippen molar-refractivity contribution in [3.63, 3.8) is 0 Å². The van der Waals surface area contributed by atoms with Crippen LogP contribution in [0.2, 0.25) is 0 Å². The Bertz CT molecular complexity index is 954. The lowest BCUT2D eigenvalue weighted by Crippen LogP contribution is -2.43. The summed E-state index contributed by atoms with van der Waals surface area (Å²) in [6.07, 6.45) is 5.36. The van der Waals surface area contributed by atoms with Crippen molar-refractivity contribution in [1.29, 1.82) is 0 Å². The molecule has 0 bridgehead atoms. The predicted molar refractivity (Wildman–Crippen MR) is 106 cm³/mol. The number of carbonyl (C=O) groups is 1. The van der Waals surface area contributed by atoms with Gasteiger partial charge in [0.25, 0.3) is 0 Å². The summed E-state index contributed by atoms with van der Waals surface area (Å²) >= 11 is 0. The van der Waals surface area contributed by atoms with E-state index in [2.05, 4.69) is 39.2 Å². The molecule has 1 atom stereocenters. The quantitative estimate of drug-likeness (QED) is 0.731. The van der Waals surface area contributed by atoms with Crippen molar-refractivity contribution in [3.05, 3.63) is 48.0 Å². The highest BCUT2D eigenvalue weighted by Crippen LogP contribution is 2.23. The van der Waals surface area contributed by atoms with Crippen LogP contribution in [0.5, 0.6) is 0 Å². The van der Waals surface area contributed by atoms with E-state index in [0.717, 1.165) is 42.2 Å². The zero-order chi connectivity index (χ0) is 19.5. The lowest BCUT2D eigenvalue weighted by atomic mass is 9.97. The minimum Gasteiger partial charge on any atom is -0.354 e. The number of aromatic nitrogens is 5. The third kappa shape index (κ3) is 3.81. The second-order valence-corrected chi connectivity index (χ2v) is 7.54. The van der Waals surface area contributed by atoms with E-state index in [1.165, 1.54) is 0 Å². The van der Waals surface area contributed by atoms with Gasteiger partial charge in [0.2, 0.25) is 5.91 Å². The van der Waals surface area contributed by atoms with Crippen LogP contribution in [0.4, 0.5) is 5.82 Å². The molecule has 0 radical (unpaired) electrons. The third-order valence-electron chi connectivity index (χ3n) is 5.09. The van der Waals surface area contributed by atoms with Gasteiger partial charge in [-0.3, -0.25) is 9.78 Å². The number of anilines is 1. The summed E-state index contributed by atoms with van der Waals surface area (Å²) in [6.45, 7) is 6.22. The average molecular weight is 379 g/mol. The fourth-order valence-electron chi connectivity index (χ4n) is 3.56. The average Bonchev–Trinajstić information content (AvgIpc) is 3.16. The van der Waals surface area contributed by atoms with Gasteiger partial charge < -0.3 is 10.2 Å². The van der Waals surface area contributed by atoms with Gasteiger partial charge >= 0.3 is 0 Å². The van der Waals surface area contributed by atoms with Gasteiger partial charge in [-0.1, -0.05) is 19.9 Å². The lowest BCUT2D eigenvalue weighted by Gasteiger charge is -2.32. The zero-order valence-corrected chi connectivity index (χ0v) is 16.2. The molecular formula is C20H25N7O. The molecule has 0 aliphatic carbocycles. The molecule has 0 saturated carbocycles. The highest BCUT2D eigenvalue weighted by molar-refractivity contribution is 5.79. The molecular weight excluding hydrogens is 354 g/mol. The van der Waals surface area contributed by atoms with Crippen molar-refractivity contribution >= 4 is 17.4 Å². The molecule has 1 amide bonds. The van der Waals surface area contributed by atoms with Crippen LogP contribution in [0.15, 0.2) is 36.7 Å². The molecule has 3 aromatic heterocycles. The molecule has 1 N–H and O–H groups in total. The Morgan fingerprint density at radius 3 is 2.96 bits per heavy atom. The molecule has 28 heavy (non-hydrogen) atoms. The summed E-state index contributed by atoms with van der Waals surface area (Å²) in [6, 6.07) is 7.74. The molecule has 146 valence electrons. The Balaban J connectivity index is 1.45. The van der Waals surface area contributed by atoms with Gasteiger partial charge in [0.15, 0.2) is 11.5 Å². The smallest absolute Gasteiger partial charge is 0.225 e. The first kappa shape index (κ1) is 18.3. The van der Waals surface area contributed by atoms with E-state index in [1.54, 1.807) is 12.4 Å². The Kier molecular flexibility index (Phi) is 5.18. The monoisotopic (exact) mass is 379 g/mol. The first-order chi connectivity index (χ1) is 13.6. The van der Waals surface area contributed by atoms with E-state index >= 15 is 0 Å². The molecule has 4 rings (SSSR count). The van der Waals surface area contributed by atoms with Gasteiger partial charge in [0, 0.05) is 37.9 Å². The summed E-state index contributed by atoms with van der Waals surface area (Å²) in [5.74, 6) is 1.99. The number of nitrogens with one attached hydrogen (secondary N) is 1. The first-order valence-corrected chi connectivity index (χ1v) is 9.75. The van der Waals surface area contributed by atoms with Crippen molar-refractivity contribution in [1.82, 2.24) is 30.1 Å². The normalized spacial score (nSPS) is 17.2. The van der Waals surface area contributed by atoms with Gasteiger partial charge in [-0.2, -0.15) is 4.52 Å². The molecule has 0 spiro atoms. The topological polar surface area (TPSA) is 88.3 Å². The lowest BCUT2D eigenvalue weighted by molar-refractivity contribution is -0.125. The molecule has 8 heteroatoms. The van der Waals surface area contributed by atoms with Crippen LogP contribution in [0.3, 0.4) is 0 Å². The largest absolute Gasteiger partial charge is 0.354 e. The Labute approximate surface area is 164 Å². The number of pyridine rings is 1. The van der Waals surface area contributed by atoms with Gasteiger partial charge in [-0.05, 0) is 36.6 Å². The highest BCUT2D eigenvalue weighted by Gasteiger charge is 2.27. The third-order valence-corrected chi connectivity index (χ3v) is 5.09. The highest BCUT2D eigenvalue weighted by atomic mass is 16.1. The summed E-state index contributed by atoms with van der Waals surface area (Å²) in [5, 5.41) is 16.2. The maximum absolute atomic E-state index is 12.7. The Morgan fingerprint density at radius 1 is 1.29 bits per heavy atom. The minimum absolute atomic E-state index is 0.0478. The number of rotatable bonds is 5. The van der Waals surface area contributed by atoms with Crippen LogP contribution in [-0.2, 0) is 11.3 Å². The molecule has 0 aromatic carbocycles. The molecule has 1 fully saturated rings. The van der Waals surface area contributed by atoms with Crippen LogP contribution in [-0.4, -0.2) is 43.8 Å². The second kappa shape index (κ2) is 7.92. The number of fused-ring (bicyclic) bond motifs is 1. The van der Waals surface area contributed by atoms with E-state index in [-0.39, 0.29) is 17.7 Å². The molecule has 8 nitrogen and oxygen atoms in total. The van der Waals surface area contributed by atoms with Crippen molar-refractivity contribution in [3.8, 4) is 0 Å². The number of hydrogen-bond donors (Lipinski definition) is 1.